The number of primary amides is 1. The van der Waals surface area contributed by atoms with Crippen molar-refractivity contribution < 1.29 is 9.59 Å². The summed E-state index contributed by atoms with van der Waals surface area (Å²) in [5.74, 6) is -0.385. The quantitative estimate of drug-likeness (QED) is 0.807. The first-order valence-electron chi connectivity index (χ1n) is 9.63. The number of hydrogen-bond acceptors (Lipinski definition) is 4. The standard InChI is InChI=1S/C22H28N4O2/c1-25(2)19-11-7-17(8-12-19)22(28)24-14-16-5-9-20(10-6-16)26-13-3-4-18(15-26)21(23)27/h5-12,18H,3-4,13-15H2,1-2H3,(H2,23,27)(H,24,28)/t18-/m0/s1. The van der Waals surface area contributed by atoms with Crippen molar-refractivity contribution in [2.45, 2.75) is 19.4 Å². The third-order valence-electron chi connectivity index (χ3n) is 5.22. The van der Waals surface area contributed by atoms with Gasteiger partial charge in [-0.15, -0.1) is 0 Å². The van der Waals surface area contributed by atoms with Crippen LogP contribution in [-0.4, -0.2) is 39.0 Å². The molecule has 1 atom stereocenters. The van der Waals surface area contributed by atoms with Crippen LogP contribution in [0.4, 0.5) is 11.4 Å². The van der Waals surface area contributed by atoms with Crippen LogP contribution in [0, 0.1) is 5.92 Å². The summed E-state index contributed by atoms with van der Waals surface area (Å²) < 4.78 is 0. The molecular weight excluding hydrogens is 352 g/mol. The molecule has 0 spiro atoms. The number of nitrogens with two attached hydrogens (primary N) is 1. The van der Waals surface area contributed by atoms with E-state index in [2.05, 4.69) is 10.2 Å². The Kier molecular flexibility index (Phi) is 6.19. The number of anilines is 2. The third kappa shape index (κ3) is 4.82. The molecule has 28 heavy (non-hydrogen) atoms. The van der Waals surface area contributed by atoms with Crippen molar-refractivity contribution in [3.05, 3.63) is 59.7 Å². The molecule has 3 rings (SSSR count). The number of hydrogen-bond donors (Lipinski definition) is 2. The highest BCUT2D eigenvalue weighted by Crippen LogP contribution is 2.23. The maximum absolute atomic E-state index is 12.3. The highest BCUT2D eigenvalue weighted by Gasteiger charge is 2.24. The Morgan fingerprint density at radius 3 is 2.39 bits per heavy atom. The summed E-state index contributed by atoms with van der Waals surface area (Å²) in [7, 11) is 3.94. The molecule has 1 saturated heterocycles. The van der Waals surface area contributed by atoms with Crippen molar-refractivity contribution in [1.29, 1.82) is 0 Å². The lowest BCUT2D eigenvalue weighted by molar-refractivity contribution is -0.122. The van der Waals surface area contributed by atoms with Crippen LogP contribution < -0.4 is 20.9 Å². The first-order valence-corrected chi connectivity index (χ1v) is 9.63. The molecule has 6 nitrogen and oxygen atoms in total. The summed E-state index contributed by atoms with van der Waals surface area (Å²) in [5.41, 5.74) is 9.28. The lowest BCUT2D eigenvalue weighted by Gasteiger charge is -2.33. The van der Waals surface area contributed by atoms with Crippen LogP contribution in [-0.2, 0) is 11.3 Å². The van der Waals surface area contributed by atoms with Gasteiger partial charge in [-0.05, 0) is 54.8 Å². The topological polar surface area (TPSA) is 78.7 Å². The van der Waals surface area contributed by atoms with Gasteiger partial charge in [-0.1, -0.05) is 12.1 Å². The second-order valence-corrected chi connectivity index (χ2v) is 7.48. The van der Waals surface area contributed by atoms with Crippen LogP contribution in [0.1, 0.15) is 28.8 Å². The Morgan fingerprint density at radius 1 is 1.11 bits per heavy atom. The first-order chi connectivity index (χ1) is 13.4. The molecule has 2 aromatic rings. The summed E-state index contributed by atoms with van der Waals surface area (Å²) in [6.45, 7) is 2.08. The van der Waals surface area contributed by atoms with Gasteiger partial charge in [-0.3, -0.25) is 9.59 Å². The molecular formula is C22H28N4O2. The number of amides is 2. The lowest BCUT2D eigenvalue weighted by atomic mass is 9.97. The van der Waals surface area contributed by atoms with Crippen molar-refractivity contribution in [3.8, 4) is 0 Å². The summed E-state index contributed by atoms with van der Waals surface area (Å²) in [6, 6.07) is 15.6. The van der Waals surface area contributed by atoms with Crippen LogP contribution in [0.5, 0.6) is 0 Å². The number of benzene rings is 2. The van der Waals surface area contributed by atoms with E-state index in [1.54, 1.807) is 0 Å². The second-order valence-electron chi connectivity index (χ2n) is 7.48. The molecule has 2 amide bonds. The molecule has 0 aliphatic carbocycles. The molecule has 1 heterocycles. The van der Waals surface area contributed by atoms with Gasteiger partial charge in [0.25, 0.3) is 5.91 Å². The zero-order valence-corrected chi connectivity index (χ0v) is 16.5. The van der Waals surface area contributed by atoms with E-state index in [4.69, 9.17) is 5.73 Å². The van der Waals surface area contributed by atoms with E-state index in [-0.39, 0.29) is 17.7 Å². The summed E-state index contributed by atoms with van der Waals surface area (Å²) in [5, 5.41) is 2.96. The molecule has 0 bridgehead atoms. The van der Waals surface area contributed by atoms with Crippen LogP contribution in [0.15, 0.2) is 48.5 Å². The van der Waals surface area contributed by atoms with Gasteiger partial charge in [0.2, 0.25) is 5.91 Å². The summed E-state index contributed by atoms with van der Waals surface area (Å²) in [4.78, 5) is 28.0. The third-order valence-corrected chi connectivity index (χ3v) is 5.22. The van der Waals surface area contributed by atoms with E-state index in [1.165, 1.54) is 0 Å². The number of piperidine rings is 1. The predicted octanol–water partition coefficient (Wildman–Crippen LogP) is 2.38. The minimum Gasteiger partial charge on any atom is -0.378 e. The fraction of sp³-hybridized carbons (Fsp3) is 0.364. The zero-order valence-electron chi connectivity index (χ0n) is 16.5. The molecule has 0 saturated carbocycles. The van der Waals surface area contributed by atoms with Crippen molar-refractivity contribution in [2.75, 3.05) is 37.0 Å². The van der Waals surface area contributed by atoms with Gasteiger partial charge in [0.15, 0.2) is 0 Å². The van der Waals surface area contributed by atoms with E-state index in [0.29, 0.717) is 18.7 Å². The minimum atomic E-state index is -0.220. The second kappa shape index (κ2) is 8.78. The van der Waals surface area contributed by atoms with Gasteiger partial charge in [-0.2, -0.15) is 0 Å². The number of nitrogens with one attached hydrogen (secondary N) is 1. The normalized spacial score (nSPS) is 16.5. The summed E-state index contributed by atoms with van der Waals surface area (Å²) in [6.07, 6.45) is 1.84. The van der Waals surface area contributed by atoms with Crippen molar-refractivity contribution in [1.82, 2.24) is 5.32 Å². The molecule has 1 aliphatic rings. The number of rotatable bonds is 6. The van der Waals surface area contributed by atoms with E-state index < -0.39 is 0 Å². The van der Waals surface area contributed by atoms with E-state index >= 15 is 0 Å². The SMILES string of the molecule is CN(C)c1ccc(C(=O)NCc2ccc(N3CCC[C@H](C(N)=O)C3)cc2)cc1. The van der Waals surface area contributed by atoms with Crippen LogP contribution >= 0.6 is 0 Å². The molecule has 148 valence electrons. The Balaban J connectivity index is 1.55. The van der Waals surface area contributed by atoms with Gasteiger partial charge < -0.3 is 20.9 Å². The van der Waals surface area contributed by atoms with E-state index in [9.17, 15) is 9.59 Å². The first kappa shape index (κ1) is 19.7. The minimum absolute atomic E-state index is 0.0772. The lowest BCUT2D eigenvalue weighted by Crippen LogP contribution is -2.41. The number of carbonyl (C=O) groups is 2. The van der Waals surface area contributed by atoms with Crippen LogP contribution in [0.2, 0.25) is 0 Å². The largest absolute Gasteiger partial charge is 0.378 e. The number of carbonyl (C=O) groups excluding carboxylic acids is 2. The molecule has 1 fully saturated rings. The Bertz CT molecular complexity index is 815. The maximum Gasteiger partial charge on any atom is 0.251 e. The van der Waals surface area contributed by atoms with Crippen LogP contribution in [0.25, 0.3) is 0 Å². The highest BCUT2D eigenvalue weighted by atomic mass is 16.2. The van der Waals surface area contributed by atoms with E-state index in [0.717, 1.165) is 36.3 Å². The maximum atomic E-state index is 12.3. The van der Waals surface area contributed by atoms with Gasteiger partial charge in [-0.25, -0.2) is 0 Å². The smallest absolute Gasteiger partial charge is 0.251 e. The van der Waals surface area contributed by atoms with Crippen LogP contribution in [0.3, 0.4) is 0 Å². The molecule has 2 aromatic carbocycles. The summed E-state index contributed by atoms with van der Waals surface area (Å²) >= 11 is 0. The van der Waals surface area contributed by atoms with Crippen molar-refractivity contribution in [3.63, 3.8) is 0 Å². The van der Waals surface area contributed by atoms with E-state index in [1.807, 2.05) is 67.5 Å². The van der Waals surface area contributed by atoms with Gasteiger partial charge in [0.05, 0.1) is 5.92 Å². The van der Waals surface area contributed by atoms with Gasteiger partial charge in [0.1, 0.15) is 0 Å². The Morgan fingerprint density at radius 2 is 1.79 bits per heavy atom. The van der Waals surface area contributed by atoms with Gasteiger partial charge >= 0.3 is 0 Å². The Hall–Kier alpha value is -3.02. The molecule has 3 N–H and O–H groups in total. The highest BCUT2D eigenvalue weighted by molar-refractivity contribution is 5.94. The Labute approximate surface area is 166 Å². The monoisotopic (exact) mass is 380 g/mol. The predicted molar refractivity (Wildman–Crippen MR) is 113 cm³/mol. The van der Waals surface area contributed by atoms with Crippen molar-refractivity contribution >= 4 is 23.2 Å². The molecule has 0 unspecified atom stereocenters. The molecule has 6 heteroatoms. The number of nitrogens with zero attached hydrogens (tertiary/aromatic N) is 2. The molecule has 1 aliphatic heterocycles. The average molecular weight is 380 g/mol. The zero-order chi connectivity index (χ0) is 20.1. The average Bonchev–Trinajstić information content (AvgIpc) is 2.72. The van der Waals surface area contributed by atoms with Crippen molar-refractivity contribution in [2.24, 2.45) is 11.7 Å². The van der Waals surface area contributed by atoms with Gasteiger partial charge in [0, 0.05) is 50.7 Å². The fourth-order valence-corrected chi connectivity index (χ4v) is 3.46. The molecule has 0 aromatic heterocycles. The molecule has 0 radical (unpaired) electrons. The fourth-order valence-electron chi connectivity index (χ4n) is 3.46.